The fourth-order valence-corrected chi connectivity index (χ4v) is 2.83. The first-order valence-corrected chi connectivity index (χ1v) is 6.47. The number of aromatic nitrogens is 2. The van der Waals surface area contributed by atoms with Gasteiger partial charge in [-0.2, -0.15) is 4.98 Å². The molecule has 1 aromatic heterocycles. The number of rotatable bonds is 2. The van der Waals surface area contributed by atoms with Crippen LogP contribution in [0.15, 0.2) is 4.52 Å². The maximum absolute atomic E-state index is 5.43. The lowest BCUT2D eigenvalue weighted by molar-refractivity contribution is 0.317. The average Bonchev–Trinajstić information content (AvgIpc) is 3.01. The Bertz CT molecular complexity index is 338. The molecule has 1 aliphatic carbocycles. The van der Waals surface area contributed by atoms with Gasteiger partial charge in [-0.25, -0.2) is 0 Å². The summed E-state index contributed by atoms with van der Waals surface area (Å²) in [6.07, 6.45) is 7.39. The van der Waals surface area contributed by atoms with Crippen LogP contribution in [0.3, 0.4) is 0 Å². The smallest absolute Gasteiger partial charge is 0.229 e. The third-order valence-corrected chi connectivity index (χ3v) is 3.87. The Kier molecular flexibility index (Phi) is 2.91. The maximum atomic E-state index is 5.43. The van der Waals surface area contributed by atoms with E-state index in [0.717, 1.165) is 37.6 Å². The summed E-state index contributed by atoms with van der Waals surface area (Å²) in [7, 11) is 0. The number of nitrogens with zero attached hydrogens (tertiary/aromatic N) is 2. The van der Waals surface area contributed by atoms with Crippen LogP contribution < -0.4 is 5.32 Å². The highest BCUT2D eigenvalue weighted by Crippen LogP contribution is 2.33. The van der Waals surface area contributed by atoms with Crippen molar-refractivity contribution in [2.75, 3.05) is 13.1 Å². The molecule has 1 N–H and O–H groups in total. The second-order valence-corrected chi connectivity index (χ2v) is 5.00. The van der Waals surface area contributed by atoms with Crippen LogP contribution in [0.1, 0.15) is 62.1 Å². The van der Waals surface area contributed by atoms with Crippen LogP contribution in [0.5, 0.6) is 0 Å². The summed E-state index contributed by atoms with van der Waals surface area (Å²) in [5.74, 6) is 2.90. The highest BCUT2D eigenvalue weighted by atomic mass is 16.5. The van der Waals surface area contributed by atoms with Crippen LogP contribution in [0.4, 0.5) is 0 Å². The summed E-state index contributed by atoms with van der Waals surface area (Å²) >= 11 is 0. The van der Waals surface area contributed by atoms with Gasteiger partial charge in [0.2, 0.25) is 5.89 Å². The van der Waals surface area contributed by atoms with Gasteiger partial charge in [0.05, 0.1) is 0 Å². The predicted octanol–water partition coefficient (Wildman–Crippen LogP) is 2.19. The molecule has 0 bridgehead atoms. The molecule has 16 heavy (non-hydrogen) atoms. The van der Waals surface area contributed by atoms with Crippen molar-refractivity contribution in [3.05, 3.63) is 11.7 Å². The van der Waals surface area contributed by atoms with E-state index in [0.29, 0.717) is 11.8 Å². The van der Waals surface area contributed by atoms with E-state index in [1.807, 2.05) is 0 Å². The van der Waals surface area contributed by atoms with Crippen molar-refractivity contribution in [2.24, 2.45) is 0 Å². The van der Waals surface area contributed by atoms with Crippen molar-refractivity contribution in [3.63, 3.8) is 0 Å². The second kappa shape index (κ2) is 4.53. The molecule has 2 fully saturated rings. The van der Waals surface area contributed by atoms with E-state index in [-0.39, 0.29) is 0 Å². The predicted molar refractivity (Wildman–Crippen MR) is 60.4 cm³/mol. The minimum atomic E-state index is 0.490. The Labute approximate surface area is 95.8 Å². The van der Waals surface area contributed by atoms with E-state index < -0.39 is 0 Å². The van der Waals surface area contributed by atoms with E-state index >= 15 is 0 Å². The molecule has 0 unspecified atom stereocenters. The SMILES string of the molecule is C1CCC(c2noc(C3CCNCC3)n2)C1. The van der Waals surface area contributed by atoms with Gasteiger partial charge in [-0.3, -0.25) is 0 Å². The van der Waals surface area contributed by atoms with E-state index in [2.05, 4.69) is 15.5 Å². The molecule has 4 heteroatoms. The first-order chi connectivity index (χ1) is 7.93. The first-order valence-electron chi connectivity index (χ1n) is 6.47. The van der Waals surface area contributed by atoms with Gasteiger partial charge in [-0.05, 0) is 38.8 Å². The van der Waals surface area contributed by atoms with Crippen LogP contribution in [-0.2, 0) is 0 Å². The van der Waals surface area contributed by atoms with Gasteiger partial charge in [0.15, 0.2) is 5.82 Å². The Morgan fingerprint density at radius 1 is 1.00 bits per heavy atom. The summed E-state index contributed by atoms with van der Waals surface area (Å²) in [6.45, 7) is 2.15. The quantitative estimate of drug-likeness (QED) is 0.831. The fourth-order valence-electron chi connectivity index (χ4n) is 2.83. The minimum absolute atomic E-state index is 0.490. The normalized spacial score (nSPS) is 24.0. The van der Waals surface area contributed by atoms with E-state index in [9.17, 15) is 0 Å². The largest absolute Gasteiger partial charge is 0.339 e. The van der Waals surface area contributed by atoms with Crippen molar-refractivity contribution >= 4 is 0 Å². The molecule has 0 spiro atoms. The lowest BCUT2D eigenvalue weighted by Crippen LogP contribution is -2.26. The molecule has 3 rings (SSSR count). The molecular formula is C12H19N3O. The van der Waals surface area contributed by atoms with Crippen LogP contribution in [0.25, 0.3) is 0 Å². The van der Waals surface area contributed by atoms with Crippen molar-refractivity contribution in [1.29, 1.82) is 0 Å². The minimum Gasteiger partial charge on any atom is -0.339 e. The molecule has 4 nitrogen and oxygen atoms in total. The molecule has 88 valence electrons. The summed E-state index contributed by atoms with van der Waals surface area (Å²) < 4.78 is 5.43. The molecule has 1 aliphatic heterocycles. The van der Waals surface area contributed by atoms with E-state index in [4.69, 9.17) is 4.52 Å². The lowest BCUT2D eigenvalue weighted by atomic mass is 9.98. The Morgan fingerprint density at radius 3 is 2.50 bits per heavy atom. The van der Waals surface area contributed by atoms with Gasteiger partial charge in [-0.15, -0.1) is 0 Å². The Morgan fingerprint density at radius 2 is 1.75 bits per heavy atom. The zero-order valence-corrected chi connectivity index (χ0v) is 9.61. The standard InChI is InChI=1S/C12H19N3O/c1-2-4-9(3-1)11-14-12(16-15-11)10-5-7-13-8-6-10/h9-10,13H,1-8H2. The highest BCUT2D eigenvalue weighted by molar-refractivity contribution is 5.01. The van der Waals surface area contributed by atoms with Crippen molar-refractivity contribution in [1.82, 2.24) is 15.5 Å². The molecule has 1 aromatic rings. The number of piperidine rings is 1. The summed E-state index contributed by atoms with van der Waals surface area (Å²) in [4.78, 5) is 4.61. The van der Waals surface area contributed by atoms with Crippen molar-refractivity contribution in [2.45, 2.75) is 50.4 Å². The molecule has 1 saturated carbocycles. The first kappa shape index (κ1) is 10.3. The van der Waals surface area contributed by atoms with Crippen LogP contribution in [0.2, 0.25) is 0 Å². The number of nitrogens with one attached hydrogen (secondary N) is 1. The fraction of sp³-hybridized carbons (Fsp3) is 0.833. The lowest BCUT2D eigenvalue weighted by Gasteiger charge is -2.18. The average molecular weight is 221 g/mol. The highest BCUT2D eigenvalue weighted by Gasteiger charge is 2.25. The summed E-state index contributed by atoms with van der Waals surface area (Å²) in [6, 6.07) is 0. The van der Waals surface area contributed by atoms with Crippen LogP contribution in [0, 0.1) is 0 Å². The molecule has 0 amide bonds. The molecule has 0 radical (unpaired) electrons. The van der Waals surface area contributed by atoms with Crippen molar-refractivity contribution in [3.8, 4) is 0 Å². The Hall–Kier alpha value is -0.900. The summed E-state index contributed by atoms with van der Waals surface area (Å²) in [5.41, 5.74) is 0. The van der Waals surface area contributed by atoms with Gasteiger partial charge in [0.25, 0.3) is 0 Å². The second-order valence-electron chi connectivity index (χ2n) is 5.00. The Balaban J connectivity index is 1.71. The molecule has 2 aliphatic rings. The molecule has 0 aromatic carbocycles. The molecule has 2 heterocycles. The van der Waals surface area contributed by atoms with Crippen molar-refractivity contribution < 1.29 is 4.52 Å². The van der Waals surface area contributed by atoms with Crippen LogP contribution in [-0.4, -0.2) is 23.2 Å². The van der Waals surface area contributed by atoms with Gasteiger partial charge in [0.1, 0.15) is 0 Å². The van der Waals surface area contributed by atoms with Gasteiger partial charge < -0.3 is 9.84 Å². The molecular weight excluding hydrogens is 202 g/mol. The van der Waals surface area contributed by atoms with Gasteiger partial charge >= 0.3 is 0 Å². The van der Waals surface area contributed by atoms with Gasteiger partial charge in [0, 0.05) is 11.8 Å². The third-order valence-electron chi connectivity index (χ3n) is 3.87. The van der Waals surface area contributed by atoms with E-state index in [1.54, 1.807) is 0 Å². The van der Waals surface area contributed by atoms with Crippen LogP contribution >= 0.6 is 0 Å². The maximum Gasteiger partial charge on any atom is 0.229 e. The third kappa shape index (κ3) is 1.98. The monoisotopic (exact) mass is 221 g/mol. The van der Waals surface area contributed by atoms with E-state index in [1.165, 1.54) is 25.7 Å². The van der Waals surface area contributed by atoms with Gasteiger partial charge in [-0.1, -0.05) is 18.0 Å². The number of hydrogen-bond acceptors (Lipinski definition) is 4. The summed E-state index contributed by atoms with van der Waals surface area (Å²) in [5, 5.41) is 7.52. The molecule has 1 saturated heterocycles. The zero-order chi connectivity index (χ0) is 10.8. The number of hydrogen-bond donors (Lipinski definition) is 1. The zero-order valence-electron chi connectivity index (χ0n) is 9.61. The molecule has 0 atom stereocenters. The topological polar surface area (TPSA) is 51.0 Å².